The number of rotatable bonds is 31. The second-order valence-corrected chi connectivity index (χ2v) is 45.0. The molecule has 0 amide bonds. The molecular formula is C79H124O16Si3. The largest absolute Gasteiger partial charge is 0.478 e. The average molecular weight is 1410 g/mol. The number of hydrogen-bond acceptors (Lipinski definition) is 15. The van der Waals surface area contributed by atoms with Crippen LogP contribution in [0.25, 0.3) is 12.2 Å². The van der Waals surface area contributed by atoms with Crippen molar-refractivity contribution >= 4 is 59.2 Å². The molecule has 2 aliphatic rings. The van der Waals surface area contributed by atoms with E-state index < -0.39 is 84.8 Å². The summed E-state index contributed by atoms with van der Waals surface area (Å²) in [6.07, 6.45) is 12.6. The third-order valence-electron chi connectivity index (χ3n) is 17.9. The molecule has 2 aliphatic heterocycles. The molecule has 98 heavy (non-hydrogen) atoms. The minimum absolute atomic E-state index is 0. The molecule has 0 aliphatic carbocycles. The summed E-state index contributed by atoms with van der Waals surface area (Å²) >= 11 is 0. The Bertz CT molecular complexity index is 3190. The molecule has 0 aromatic heterocycles. The van der Waals surface area contributed by atoms with Gasteiger partial charge in [-0.3, -0.25) is 0 Å². The number of methoxy groups -OCH3 is 2. The molecule has 4 aromatic rings. The fourth-order valence-corrected chi connectivity index (χ4v) is 18.1. The Morgan fingerprint density at radius 1 is 0.602 bits per heavy atom. The van der Waals surface area contributed by atoms with Crippen LogP contribution in [0.5, 0.6) is 11.5 Å². The van der Waals surface area contributed by atoms with Crippen molar-refractivity contribution in [2.24, 2.45) is 11.8 Å². The topological polar surface area (TPSA) is 196 Å². The zero-order valence-corrected chi connectivity index (χ0v) is 64.9. The van der Waals surface area contributed by atoms with Gasteiger partial charge in [-0.1, -0.05) is 211 Å². The summed E-state index contributed by atoms with van der Waals surface area (Å²) in [5, 5.41) is 32.4. The number of carboxylic acid groups (broad SMARTS) is 1. The van der Waals surface area contributed by atoms with Gasteiger partial charge in [0.1, 0.15) is 40.9 Å². The van der Waals surface area contributed by atoms with Crippen LogP contribution in [0.3, 0.4) is 0 Å². The van der Waals surface area contributed by atoms with Crippen LogP contribution < -0.4 is 19.8 Å². The van der Waals surface area contributed by atoms with Gasteiger partial charge < -0.3 is 66.8 Å². The van der Waals surface area contributed by atoms with Crippen LogP contribution in [-0.2, 0) is 42.0 Å². The molecule has 2 unspecified atom stereocenters. The Hall–Kier alpha value is -5.37. The van der Waals surface area contributed by atoms with Crippen molar-refractivity contribution in [1.29, 1.82) is 0 Å². The highest BCUT2D eigenvalue weighted by atomic mass is 28.4. The van der Waals surface area contributed by atoms with E-state index in [0.717, 1.165) is 17.2 Å². The fourth-order valence-electron chi connectivity index (χ4n) is 11.4. The third kappa shape index (κ3) is 24.7. The van der Waals surface area contributed by atoms with Crippen LogP contribution >= 0.6 is 0 Å². The van der Waals surface area contributed by atoms with E-state index in [0.29, 0.717) is 41.9 Å². The van der Waals surface area contributed by atoms with E-state index in [9.17, 15) is 24.9 Å². The number of aromatic carboxylic acids is 1. The molecule has 10 atom stereocenters. The monoisotopic (exact) mass is 1410 g/mol. The lowest BCUT2D eigenvalue weighted by molar-refractivity contribution is -0.152. The fraction of sp³-hybridized carbons (Fsp3) is 0.570. The average Bonchev–Trinajstić information content (AvgIpc) is 1.00. The van der Waals surface area contributed by atoms with Gasteiger partial charge in [0.15, 0.2) is 33.5 Å². The molecule has 3 N–H and O–H groups in total. The Balaban J connectivity index is 0.000000602. The van der Waals surface area contributed by atoms with Crippen LogP contribution in [0, 0.1) is 25.7 Å². The molecule has 0 radical (unpaired) electrons. The van der Waals surface area contributed by atoms with Gasteiger partial charge in [-0.25, -0.2) is 9.59 Å². The lowest BCUT2D eigenvalue weighted by Gasteiger charge is -2.45. The summed E-state index contributed by atoms with van der Waals surface area (Å²) in [7, 11) is -3.49. The first-order valence-electron chi connectivity index (χ1n) is 33.8. The predicted molar refractivity (Wildman–Crippen MR) is 406 cm³/mol. The Morgan fingerprint density at radius 3 is 1.49 bits per heavy atom. The zero-order valence-electron chi connectivity index (χ0n) is 61.9. The van der Waals surface area contributed by atoms with Gasteiger partial charge in [-0.15, -0.1) is 0 Å². The molecule has 4 aromatic carbocycles. The summed E-state index contributed by atoms with van der Waals surface area (Å²) in [4.78, 5) is 25.6. The smallest absolute Gasteiger partial charge is 0.342 e. The van der Waals surface area contributed by atoms with E-state index >= 15 is 0 Å². The molecule has 0 spiro atoms. The predicted octanol–water partition coefficient (Wildman–Crippen LogP) is 16.7. The molecular weight excluding hydrogens is 1290 g/mol. The minimum Gasteiger partial charge on any atom is -0.478 e. The summed E-state index contributed by atoms with van der Waals surface area (Å²) in [6, 6.07) is 29.8. The lowest BCUT2D eigenvalue weighted by Crippen LogP contribution is -2.67. The third-order valence-corrected chi connectivity index (χ3v) is 29.2. The van der Waals surface area contributed by atoms with Crippen molar-refractivity contribution < 1.29 is 76.4 Å². The SMILES string of the molecule is C.C.COCOc1cc(C)cc(/C=C/C[C@@H]2OC(C)(C)O[C@@H]2C(/C=C\[C@@H](C)[C@@H](C)O[Si](c2ccccc2)(c2ccccc2)C(C)(C)C)O[Si](C)(C)C(C)(C)C)c1C(=O)OCC[Si](C)(C)C.COCOc1cc(C)cc(/C=C/C[C@@H]2OC(C)(C)O[C@@H]2C(O)/C=C\[C@@H](C)[C@H](C)O)c1C(=O)O. The van der Waals surface area contributed by atoms with Gasteiger partial charge in [0, 0.05) is 28.4 Å². The van der Waals surface area contributed by atoms with E-state index in [1.807, 2.05) is 52.8 Å². The molecule has 19 heteroatoms. The minimum atomic E-state index is -2.79. The van der Waals surface area contributed by atoms with Crippen LogP contribution in [-0.4, -0.2) is 147 Å². The lowest BCUT2D eigenvalue weighted by atomic mass is 9.99. The molecule has 16 nitrogen and oxygen atoms in total. The van der Waals surface area contributed by atoms with Crippen LogP contribution in [0.2, 0.25) is 48.9 Å². The molecule has 2 fully saturated rings. The van der Waals surface area contributed by atoms with Gasteiger partial charge in [-0.2, -0.15) is 0 Å². The van der Waals surface area contributed by atoms with E-state index in [-0.39, 0.29) is 73.9 Å². The van der Waals surface area contributed by atoms with Crippen molar-refractivity contribution in [2.45, 2.75) is 248 Å². The molecule has 0 saturated carbocycles. The van der Waals surface area contributed by atoms with Gasteiger partial charge in [0.25, 0.3) is 8.32 Å². The molecule has 548 valence electrons. The number of benzene rings is 4. The molecule has 2 saturated heterocycles. The van der Waals surface area contributed by atoms with E-state index in [1.54, 1.807) is 64.3 Å². The highest BCUT2D eigenvalue weighted by Gasteiger charge is 2.52. The van der Waals surface area contributed by atoms with Crippen molar-refractivity contribution in [1.82, 2.24) is 0 Å². The number of esters is 1. The zero-order chi connectivity index (χ0) is 71.8. The first kappa shape index (κ1) is 86.9. The van der Waals surface area contributed by atoms with Crippen LogP contribution in [0.4, 0.5) is 0 Å². The maximum atomic E-state index is 13.7. The molecule has 0 bridgehead atoms. The number of aliphatic hydroxyl groups excluding tert-OH is 2. The van der Waals surface area contributed by atoms with E-state index in [4.69, 9.17) is 51.5 Å². The summed E-state index contributed by atoms with van der Waals surface area (Å²) in [5.41, 5.74) is 3.44. The Morgan fingerprint density at radius 2 is 1.05 bits per heavy atom. The van der Waals surface area contributed by atoms with Gasteiger partial charge in [0.05, 0.1) is 31.0 Å². The quantitative estimate of drug-likeness (QED) is 0.0186. The summed E-state index contributed by atoms with van der Waals surface area (Å²) < 4.78 is 67.6. The number of aryl methyl sites for hydroxylation is 2. The first-order valence-corrected chi connectivity index (χ1v) is 42.4. The number of carbonyl (C=O) groups excluding carboxylic acids is 1. The van der Waals surface area contributed by atoms with E-state index in [1.165, 1.54) is 17.5 Å². The summed E-state index contributed by atoms with van der Waals surface area (Å²) in [6.45, 7) is 44.7. The van der Waals surface area contributed by atoms with Crippen molar-refractivity contribution in [2.75, 3.05) is 34.4 Å². The first-order chi connectivity index (χ1) is 44.7. The molecule has 2 heterocycles. The van der Waals surface area contributed by atoms with Crippen LogP contribution in [0.1, 0.15) is 168 Å². The maximum Gasteiger partial charge on any atom is 0.342 e. The van der Waals surface area contributed by atoms with Crippen molar-refractivity contribution in [3.8, 4) is 11.5 Å². The standard InChI is InChI=1S/C52H80O8Si3.C25H36O8.2CH4/c1-38-35-41(47(46(36-38)56-37-54-12)49(53)55-33-34-61(13,14)15)25-24-30-44-48(58-52(10,11)57-44)45(60-62(16,17)50(4,5)6)32-31-39(2)40(3)59-63(51(7,8)9,42-26-20-18-21-27-42)43-28-22-19-23-29-43;1-15-12-18(22(24(28)29)21(13-15)31-14-30-6)8-7-9-20-23(33-25(4,5)32-20)19(27)11-10-16(2)17(3)26;;/h18-29,31-32,35-36,39-40,44-45,48H,30,33-34,37H2,1-17H3;7-8,10-13,16-17,19-20,23,26-27H,9,14H2,1-6H3,(H,28,29);2*1H4/b25-24+,32-31-;8-7+,11-10-;;/t39-,40-,44+,45?,48+;16-,17+,19?,20+,23-;;/m11../s1. The second kappa shape index (κ2) is 37.5. The number of carbonyl (C=O) groups is 2. The van der Waals surface area contributed by atoms with Crippen molar-refractivity contribution in [3.63, 3.8) is 0 Å². The Labute approximate surface area is 592 Å². The maximum absolute atomic E-state index is 13.7. The Kier molecular flexibility index (Phi) is 33.3. The highest BCUT2D eigenvalue weighted by Crippen LogP contribution is 2.43. The molecule has 6 rings (SSSR count). The number of aliphatic hydroxyl groups is 2. The van der Waals surface area contributed by atoms with E-state index in [2.05, 4.69) is 167 Å². The highest BCUT2D eigenvalue weighted by molar-refractivity contribution is 6.99. The van der Waals surface area contributed by atoms with Gasteiger partial charge >= 0.3 is 11.9 Å². The van der Waals surface area contributed by atoms with Gasteiger partial charge in [-0.05, 0) is 154 Å². The number of ether oxygens (including phenoxy) is 9. The number of hydrogen-bond donors (Lipinski definition) is 3. The van der Waals surface area contributed by atoms with Crippen molar-refractivity contribution in [3.05, 3.63) is 155 Å². The summed E-state index contributed by atoms with van der Waals surface area (Å²) in [5.74, 6) is -2.62. The van der Waals surface area contributed by atoms with Gasteiger partial charge in [0.2, 0.25) is 0 Å². The van der Waals surface area contributed by atoms with Crippen LogP contribution in [0.15, 0.2) is 121 Å². The normalized spacial score (nSPS) is 20.1. The number of carboxylic acids is 1. The second-order valence-electron chi connectivity index (χ2n) is 30.4.